The van der Waals surface area contributed by atoms with Crippen LogP contribution in [0.25, 0.3) is 0 Å². The minimum atomic E-state index is 0.446. The van der Waals surface area contributed by atoms with Crippen LogP contribution in [0.2, 0.25) is 0 Å². The minimum absolute atomic E-state index is 0.446. The molecule has 0 radical (unpaired) electrons. The molecule has 9 heavy (non-hydrogen) atoms. The van der Waals surface area contributed by atoms with E-state index in [9.17, 15) is 0 Å². The van der Waals surface area contributed by atoms with Crippen LogP contribution in [0.15, 0.2) is 0 Å². The van der Waals surface area contributed by atoms with E-state index in [2.05, 4.69) is 25.8 Å². The smallest absolute Gasteiger partial charge is 0.0991 e. The van der Waals surface area contributed by atoms with Gasteiger partial charge in [-0.15, -0.1) is 0 Å². The molecule has 0 saturated carbocycles. The predicted octanol–water partition coefficient (Wildman–Crippen LogP) is 0.930. The second-order valence-corrected chi connectivity index (χ2v) is 3.02. The van der Waals surface area contributed by atoms with Gasteiger partial charge in [-0.25, -0.2) is 0 Å². The number of nitrogens with zero attached hydrogens (tertiary/aromatic N) is 1. The van der Waals surface area contributed by atoms with E-state index in [-0.39, 0.29) is 0 Å². The van der Waals surface area contributed by atoms with Crippen molar-refractivity contribution in [3.05, 3.63) is 0 Å². The first-order valence-electron chi connectivity index (χ1n) is 3.50. The zero-order chi connectivity index (χ0) is 6.85. The van der Waals surface area contributed by atoms with Crippen LogP contribution < -0.4 is 0 Å². The molecule has 0 aliphatic carbocycles. The second kappa shape index (κ2) is 2.67. The van der Waals surface area contributed by atoms with Crippen LogP contribution in [-0.4, -0.2) is 31.3 Å². The molecular formula is C7H15NO. The summed E-state index contributed by atoms with van der Waals surface area (Å²) in [6.45, 7) is 6.32. The SMILES string of the molecule is CC1CN(C)COC1C. The van der Waals surface area contributed by atoms with Crippen LogP contribution in [0.4, 0.5) is 0 Å². The molecule has 0 aromatic heterocycles. The lowest BCUT2D eigenvalue weighted by atomic mass is 10.1. The molecule has 2 atom stereocenters. The van der Waals surface area contributed by atoms with E-state index in [0.29, 0.717) is 12.0 Å². The van der Waals surface area contributed by atoms with Crippen molar-refractivity contribution < 1.29 is 4.74 Å². The van der Waals surface area contributed by atoms with E-state index >= 15 is 0 Å². The van der Waals surface area contributed by atoms with E-state index in [1.54, 1.807) is 0 Å². The van der Waals surface area contributed by atoms with Gasteiger partial charge in [0.15, 0.2) is 0 Å². The van der Waals surface area contributed by atoms with Gasteiger partial charge in [0.2, 0.25) is 0 Å². The molecule has 1 aliphatic heterocycles. The summed E-state index contributed by atoms with van der Waals surface area (Å²) >= 11 is 0. The Morgan fingerprint density at radius 3 is 2.56 bits per heavy atom. The van der Waals surface area contributed by atoms with Gasteiger partial charge in [-0.2, -0.15) is 0 Å². The number of hydrogen-bond donors (Lipinski definition) is 0. The van der Waals surface area contributed by atoms with E-state index < -0.39 is 0 Å². The molecule has 2 unspecified atom stereocenters. The average molecular weight is 129 g/mol. The van der Waals surface area contributed by atoms with Crippen molar-refractivity contribution in [2.75, 3.05) is 20.3 Å². The van der Waals surface area contributed by atoms with Crippen LogP contribution >= 0.6 is 0 Å². The average Bonchev–Trinajstić information content (AvgIpc) is 1.80. The van der Waals surface area contributed by atoms with E-state index in [0.717, 1.165) is 6.73 Å². The van der Waals surface area contributed by atoms with E-state index in [1.165, 1.54) is 6.54 Å². The molecule has 1 rings (SSSR count). The van der Waals surface area contributed by atoms with Crippen molar-refractivity contribution in [2.45, 2.75) is 20.0 Å². The fourth-order valence-corrected chi connectivity index (χ4v) is 1.10. The van der Waals surface area contributed by atoms with Gasteiger partial charge in [0, 0.05) is 6.54 Å². The van der Waals surface area contributed by atoms with Crippen LogP contribution in [0.5, 0.6) is 0 Å². The molecule has 54 valence electrons. The molecule has 2 nitrogen and oxygen atoms in total. The van der Waals surface area contributed by atoms with Gasteiger partial charge in [0.1, 0.15) is 0 Å². The molecule has 0 aromatic rings. The van der Waals surface area contributed by atoms with Gasteiger partial charge < -0.3 is 4.74 Å². The lowest BCUT2D eigenvalue weighted by molar-refractivity contribution is -0.0794. The lowest BCUT2D eigenvalue weighted by Crippen LogP contribution is -2.40. The Hall–Kier alpha value is -0.0800. The van der Waals surface area contributed by atoms with Gasteiger partial charge >= 0.3 is 0 Å². The predicted molar refractivity (Wildman–Crippen MR) is 37.2 cm³/mol. The highest BCUT2D eigenvalue weighted by Crippen LogP contribution is 2.13. The van der Waals surface area contributed by atoms with Crippen molar-refractivity contribution in [3.63, 3.8) is 0 Å². The van der Waals surface area contributed by atoms with Gasteiger partial charge in [0.25, 0.3) is 0 Å². The van der Waals surface area contributed by atoms with Crippen molar-refractivity contribution in [1.82, 2.24) is 4.90 Å². The number of ether oxygens (including phenoxy) is 1. The Morgan fingerprint density at radius 2 is 2.11 bits per heavy atom. The highest BCUT2D eigenvalue weighted by molar-refractivity contribution is 4.68. The van der Waals surface area contributed by atoms with Crippen molar-refractivity contribution in [1.29, 1.82) is 0 Å². The van der Waals surface area contributed by atoms with Crippen LogP contribution in [0.1, 0.15) is 13.8 Å². The molecule has 1 saturated heterocycles. The molecule has 0 spiro atoms. The highest BCUT2D eigenvalue weighted by Gasteiger charge is 2.19. The molecular weight excluding hydrogens is 114 g/mol. The van der Waals surface area contributed by atoms with Crippen molar-refractivity contribution >= 4 is 0 Å². The van der Waals surface area contributed by atoms with Crippen LogP contribution in [-0.2, 0) is 4.74 Å². The van der Waals surface area contributed by atoms with Gasteiger partial charge in [-0.1, -0.05) is 6.92 Å². The molecule has 0 aromatic carbocycles. The first kappa shape index (κ1) is 7.03. The summed E-state index contributed by atoms with van der Waals surface area (Å²) in [7, 11) is 2.09. The molecule has 0 bridgehead atoms. The maximum Gasteiger partial charge on any atom is 0.0991 e. The Bertz CT molecular complexity index is 94.9. The Morgan fingerprint density at radius 1 is 1.44 bits per heavy atom. The third-order valence-electron chi connectivity index (χ3n) is 1.96. The molecule has 2 heteroatoms. The number of rotatable bonds is 0. The lowest BCUT2D eigenvalue weighted by Gasteiger charge is -2.32. The number of hydrogen-bond acceptors (Lipinski definition) is 2. The Labute approximate surface area is 56.8 Å². The van der Waals surface area contributed by atoms with Crippen LogP contribution in [0.3, 0.4) is 0 Å². The minimum Gasteiger partial charge on any atom is -0.363 e. The van der Waals surface area contributed by atoms with E-state index in [1.807, 2.05) is 0 Å². The molecule has 1 heterocycles. The fraction of sp³-hybridized carbons (Fsp3) is 1.00. The van der Waals surface area contributed by atoms with Gasteiger partial charge in [0.05, 0.1) is 12.8 Å². The first-order valence-corrected chi connectivity index (χ1v) is 3.50. The van der Waals surface area contributed by atoms with Gasteiger partial charge in [-0.3, -0.25) is 4.90 Å². The zero-order valence-corrected chi connectivity index (χ0v) is 6.42. The summed E-state index contributed by atoms with van der Waals surface area (Å²) < 4.78 is 5.43. The summed E-state index contributed by atoms with van der Waals surface area (Å²) in [6, 6.07) is 0. The second-order valence-electron chi connectivity index (χ2n) is 3.02. The fourth-order valence-electron chi connectivity index (χ4n) is 1.10. The Kier molecular flexibility index (Phi) is 2.09. The third kappa shape index (κ3) is 1.66. The largest absolute Gasteiger partial charge is 0.363 e. The zero-order valence-electron chi connectivity index (χ0n) is 6.42. The van der Waals surface area contributed by atoms with Gasteiger partial charge in [-0.05, 0) is 19.9 Å². The van der Waals surface area contributed by atoms with Crippen molar-refractivity contribution in [2.24, 2.45) is 5.92 Å². The topological polar surface area (TPSA) is 12.5 Å². The summed E-state index contributed by atoms with van der Waals surface area (Å²) in [5, 5.41) is 0. The standard InChI is InChI=1S/C7H15NO/c1-6-4-8(3)5-9-7(6)2/h6-7H,4-5H2,1-3H3. The first-order chi connectivity index (χ1) is 4.20. The quantitative estimate of drug-likeness (QED) is 0.482. The summed E-state index contributed by atoms with van der Waals surface area (Å²) in [4.78, 5) is 2.20. The van der Waals surface area contributed by atoms with Crippen LogP contribution in [0, 0.1) is 5.92 Å². The maximum absolute atomic E-state index is 5.43. The normalized spacial score (nSPS) is 39.0. The maximum atomic E-state index is 5.43. The summed E-state index contributed by atoms with van der Waals surface area (Å²) in [6.07, 6.45) is 0.446. The molecule has 1 aliphatic rings. The summed E-state index contributed by atoms with van der Waals surface area (Å²) in [5.74, 6) is 0.684. The van der Waals surface area contributed by atoms with Crippen molar-refractivity contribution in [3.8, 4) is 0 Å². The highest BCUT2D eigenvalue weighted by atomic mass is 16.5. The molecule has 0 amide bonds. The summed E-state index contributed by atoms with van der Waals surface area (Å²) in [5.41, 5.74) is 0. The third-order valence-corrected chi connectivity index (χ3v) is 1.96. The van der Waals surface area contributed by atoms with E-state index in [4.69, 9.17) is 4.74 Å². The molecule has 0 N–H and O–H groups in total. The monoisotopic (exact) mass is 129 g/mol. The molecule has 1 fully saturated rings. The Balaban J connectivity index is 2.35.